The zero-order chi connectivity index (χ0) is 18.4. The van der Waals surface area contributed by atoms with Crippen molar-refractivity contribution in [1.29, 1.82) is 0 Å². The molecule has 2 amide bonds. The Morgan fingerprint density at radius 3 is 2.36 bits per heavy atom. The molecule has 0 spiro atoms. The van der Waals surface area contributed by atoms with Crippen LogP contribution in [0.3, 0.4) is 0 Å². The van der Waals surface area contributed by atoms with Crippen LogP contribution in [0.25, 0.3) is 0 Å². The first-order chi connectivity index (χ1) is 11.9. The second-order valence-corrected chi connectivity index (χ2v) is 6.23. The first-order valence-corrected chi connectivity index (χ1v) is 8.23. The summed E-state index contributed by atoms with van der Waals surface area (Å²) in [6, 6.07) is 13.0. The number of carbonyl (C=O) groups is 2. The van der Waals surface area contributed by atoms with Crippen LogP contribution in [-0.2, 0) is 11.3 Å². The van der Waals surface area contributed by atoms with Crippen molar-refractivity contribution in [2.24, 2.45) is 5.92 Å². The van der Waals surface area contributed by atoms with Crippen molar-refractivity contribution in [3.63, 3.8) is 0 Å². The number of nitrogens with one attached hydrogen (secondary N) is 2. The molecule has 0 radical (unpaired) electrons. The van der Waals surface area contributed by atoms with E-state index in [1.165, 1.54) is 12.7 Å². The lowest BCUT2D eigenvalue weighted by molar-refractivity contribution is -0.118. The average Bonchev–Trinajstić information content (AvgIpc) is 2.60. The second-order valence-electron chi connectivity index (χ2n) is 6.23. The third-order valence-corrected chi connectivity index (χ3v) is 3.82. The summed E-state index contributed by atoms with van der Waals surface area (Å²) in [6.45, 7) is 6.07. The maximum atomic E-state index is 12.4. The van der Waals surface area contributed by atoms with E-state index in [0.29, 0.717) is 23.5 Å². The van der Waals surface area contributed by atoms with Crippen molar-refractivity contribution >= 4 is 17.5 Å². The molecule has 0 aliphatic carbocycles. The van der Waals surface area contributed by atoms with Gasteiger partial charge in [-0.2, -0.15) is 0 Å². The zero-order valence-corrected chi connectivity index (χ0v) is 15.1. The summed E-state index contributed by atoms with van der Waals surface area (Å²) >= 11 is 0. The molecule has 0 atom stereocenters. The lowest BCUT2D eigenvalue weighted by Crippen LogP contribution is -2.23. The average molecular weight is 340 g/mol. The van der Waals surface area contributed by atoms with E-state index in [2.05, 4.69) is 10.6 Å². The molecule has 0 saturated heterocycles. The van der Waals surface area contributed by atoms with Gasteiger partial charge in [-0.3, -0.25) is 9.59 Å². The molecule has 2 aromatic rings. The van der Waals surface area contributed by atoms with Gasteiger partial charge in [-0.15, -0.1) is 0 Å². The minimum absolute atomic E-state index is 0.129. The van der Waals surface area contributed by atoms with Crippen LogP contribution in [0, 0.1) is 12.8 Å². The zero-order valence-electron chi connectivity index (χ0n) is 15.1. The maximum absolute atomic E-state index is 12.4. The Morgan fingerprint density at radius 2 is 1.76 bits per heavy atom. The van der Waals surface area contributed by atoms with Crippen LogP contribution in [0.2, 0.25) is 0 Å². The van der Waals surface area contributed by atoms with Gasteiger partial charge in [0.05, 0.1) is 12.8 Å². The molecule has 0 aliphatic heterocycles. The van der Waals surface area contributed by atoms with Crippen molar-refractivity contribution < 1.29 is 14.3 Å². The Morgan fingerprint density at radius 1 is 1.08 bits per heavy atom. The van der Waals surface area contributed by atoms with Crippen LogP contribution in [0.5, 0.6) is 5.75 Å². The number of benzene rings is 2. The predicted molar refractivity (Wildman–Crippen MR) is 98.8 cm³/mol. The first-order valence-electron chi connectivity index (χ1n) is 8.23. The van der Waals surface area contributed by atoms with Gasteiger partial charge < -0.3 is 15.4 Å². The number of methoxy groups -OCH3 is 1. The molecule has 0 fully saturated rings. The summed E-state index contributed by atoms with van der Waals surface area (Å²) in [6.07, 6.45) is 0. The quantitative estimate of drug-likeness (QED) is 0.845. The Balaban J connectivity index is 2.10. The number of amides is 2. The Kier molecular flexibility index (Phi) is 6.17. The van der Waals surface area contributed by atoms with Gasteiger partial charge in [-0.05, 0) is 30.7 Å². The Bertz CT molecular complexity index is 752. The number of aryl methyl sites for hydroxylation is 1. The van der Waals surface area contributed by atoms with Crippen LogP contribution >= 0.6 is 0 Å². The number of hydrogen-bond donors (Lipinski definition) is 2. The van der Waals surface area contributed by atoms with Gasteiger partial charge in [0.15, 0.2) is 0 Å². The van der Waals surface area contributed by atoms with Crippen molar-refractivity contribution in [2.45, 2.75) is 27.3 Å². The molecule has 5 heteroatoms. The Hall–Kier alpha value is -2.82. The smallest absolute Gasteiger partial charge is 0.251 e. The summed E-state index contributed by atoms with van der Waals surface area (Å²) in [4.78, 5) is 24.3. The molecule has 0 heterocycles. The number of ether oxygens (including phenoxy) is 1. The van der Waals surface area contributed by atoms with Crippen molar-refractivity contribution in [2.75, 3.05) is 12.4 Å². The SMILES string of the molecule is COc1ccc(C(=O)NCc2ccc(C)cc2)cc1NC(=O)C(C)C. The molecule has 0 bridgehead atoms. The molecule has 0 aromatic heterocycles. The van der Waals surface area contributed by atoms with Gasteiger partial charge in [0.2, 0.25) is 5.91 Å². The van der Waals surface area contributed by atoms with Gasteiger partial charge in [-0.1, -0.05) is 43.7 Å². The number of rotatable bonds is 6. The highest BCUT2D eigenvalue weighted by Crippen LogP contribution is 2.26. The minimum Gasteiger partial charge on any atom is -0.495 e. The highest BCUT2D eigenvalue weighted by atomic mass is 16.5. The molecule has 2 aromatic carbocycles. The van der Waals surface area contributed by atoms with E-state index in [-0.39, 0.29) is 17.7 Å². The van der Waals surface area contributed by atoms with E-state index in [1.54, 1.807) is 32.0 Å². The number of carbonyl (C=O) groups excluding carboxylic acids is 2. The summed E-state index contributed by atoms with van der Waals surface area (Å²) < 4.78 is 5.25. The molecule has 0 unspecified atom stereocenters. The highest BCUT2D eigenvalue weighted by molar-refractivity contribution is 5.98. The van der Waals surface area contributed by atoms with Crippen molar-refractivity contribution in [1.82, 2.24) is 5.32 Å². The third kappa shape index (κ3) is 5.08. The van der Waals surface area contributed by atoms with Crippen molar-refractivity contribution in [3.05, 3.63) is 59.2 Å². The molecular weight excluding hydrogens is 316 g/mol. The molecule has 2 N–H and O–H groups in total. The van der Waals surface area contributed by atoms with Crippen LogP contribution < -0.4 is 15.4 Å². The summed E-state index contributed by atoms with van der Waals surface area (Å²) in [5.74, 6) is 0.0200. The van der Waals surface area contributed by atoms with Crippen LogP contribution in [0.1, 0.15) is 35.3 Å². The van der Waals surface area contributed by atoms with E-state index in [1.807, 2.05) is 31.2 Å². The lowest BCUT2D eigenvalue weighted by atomic mass is 10.1. The monoisotopic (exact) mass is 340 g/mol. The predicted octanol–water partition coefficient (Wildman–Crippen LogP) is 3.53. The van der Waals surface area contributed by atoms with E-state index < -0.39 is 0 Å². The maximum Gasteiger partial charge on any atom is 0.251 e. The fourth-order valence-electron chi connectivity index (χ4n) is 2.21. The molecule has 25 heavy (non-hydrogen) atoms. The second kappa shape index (κ2) is 8.33. The third-order valence-electron chi connectivity index (χ3n) is 3.82. The molecule has 5 nitrogen and oxygen atoms in total. The highest BCUT2D eigenvalue weighted by Gasteiger charge is 2.14. The van der Waals surface area contributed by atoms with Gasteiger partial charge in [0, 0.05) is 18.0 Å². The van der Waals surface area contributed by atoms with E-state index in [4.69, 9.17) is 4.74 Å². The molecule has 2 rings (SSSR count). The summed E-state index contributed by atoms with van der Waals surface area (Å²) in [7, 11) is 1.53. The lowest BCUT2D eigenvalue weighted by Gasteiger charge is -2.13. The first kappa shape index (κ1) is 18.5. The van der Waals surface area contributed by atoms with E-state index in [9.17, 15) is 9.59 Å². The van der Waals surface area contributed by atoms with Gasteiger partial charge >= 0.3 is 0 Å². The fraction of sp³-hybridized carbons (Fsp3) is 0.300. The minimum atomic E-state index is -0.205. The van der Waals surface area contributed by atoms with Gasteiger partial charge in [-0.25, -0.2) is 0 Å². The van der Waals surface area contributed by atoms with Gasteiger partial charge in [0.1, 0.15) is 5.75 Å². The molecular formula is C20H24N2O3. The normalized spacial score (nSPS) is 10.4. The fourth-order valence-corrected chi connectivity index (χ4v) is 2.21. The van der Waals surface area contributed by atoms with Gasteiger partial charge in [0.25, 0.3) is 5.91 Å². The van der Waals surface area contributed by atoms with Crippen LogP contribution in [-0.4, -0.2) is 18.9 Å². The summed E-state index contributed by atoms with van der Waals surface area (Å²) in [5.41, 5.74) is 3.16. The van der Waals surface area contributed by atoms with E-state index >= 15 is 0 Å². The standard InChI is InChI=1S/C20H24N2O3/c1-13(2)19(23)22-17-11-16(9-10-18(17)25-4)20(24)21-12-15-7-5-14(3)6-8-15/h5-11,13H,12H2,1-4H3,(H,21,24)(H,22,23). The largest absolute Gasteiger partial charge is 0.495 e. The number of hydrogen-bond acceptors (Lipinski definition) is 3. The molecule has 132 valence electrons. The topological polar surface area (TPSA) is 67.4 Å². The van der Waals surface area contributed by atoms with Crippen molar-refractivity contribution in [3.8, 4) is 5.75 Å². The number of anilines is 1. The Labute approximate surface area is 148 Å². The van der Waals surface area contributed by atoms with Crippen LogP contribution in [0.4, 0.5) is 5.69 Å². The summed E-state index contributed by atoms with van der Waals surface area (Å²) in [5, 5.41) is 5.68. The van der Waals surface area contributed by atoms with E-state index in [0.717, 1.165) is 5.56 Å². The molecule has 0 aliphatic rings. The molecule has 0 saturated carbocycles. The van der Waals surface area contributed by atoms with Crippen LogP contribution in [0.15, 0.2) is 42.5 Å².